The van der Waals surface area contributed by atoms with E-state index < -0.39 is 18.0 Å². The summed E-state index contributed by atoms with van der Waals surface area (Å²) in [7, 11) is 0. The normalized spacial score (nSPS) is 20.6. The highest BCUT2D eigenvalue weighted by Gasteiger charge is 2.33. The number of carbonyl (C=O) groups is 3. The highest BCUT2D eigenvalue weighted by atomic mass is 19.1. The van der Waals surface area contributed by atoms with Crippen LogP contribution in [0, 0.1) is 5.82 Å². The van der Waals surface area contributed by atoms with Crippen molar-refractivity contribution in [3.05, 3.63) is 24.0 Å². The number of benzene rings is 1. The Morgan fingerprint density at radius 2 is 1.82 bits per heavy atom. The molecule has 3 fully saturated rings. The predicted molar refractivity (Wildman–Crippen MR) is 135 cm³/mol. The Morgan fingerprint density at radius 3 is 2.47 bits per heavy atom. The van der Waals surface area contributed by atoms with Gasteiger partial charge >= 0.3 is 6.09 Å². The molecule has 204 valence electrons. The lowest BCUT2D eigenvalue weighted by atomic mass is 10.0. The average molecular weight is 530 g/mol. The summed E-state index contributed by atoms with van der Waals surface area (Å²) in [5.74, 6) is 0.0230. The van der Waals surface area contributed by atoms with Crippen LogP contribution in [-0.4, -0.2) is 101 Å². The van der Waals surface area contributed by atoms with Gasteiger partial charge in [-0.1, -0.05) is 5.10 Å². The molecule has 0 radical (unpaired) electrons. The van der Waals surface area contributed by atoms with E-state index in [1.807, 2.05) is 14.7 Å². The monoisotopic (exact) mass is 529 g/mol. The average Bonchev–Trinajstić information content (AvgIpc) is 3.55. The lowest BCUT2D eigenvalue weighted by Crippen LogP contribution is -2.48. The maximum atomic E-state index is 15.1. The fourth-order valence-electron chi connectivity index (χ4n) is 5.07. The number of piperazine rings is 1. The van der Waals surface area contributed by atoms with E-state index in [9.17, 15) is 14.4 Å². The molecule has 0 bridgehead atoms. The van der Waals surface area contributed by atoms with E-state index in [-0.39, 0.29) is 30.9 Å². The van der Waals surface area contributed by atoms with Crippen LogP contribution in [0.4, 0.5) is 26.5 Å². The minimum absolute atomic E-state index is 0.0632. The maximum Gasteiger partial charge on any atom is 0.414 e. The minimum atomic E-state index is -0.561. The van der Waals surface area contributed by atoms with Crippen molar-refractivity contribution in [3.8, 4) is 0 Å². The molecule has 14 heteroatoms. The van der Waals surface area contributed by atoms with Gasteiger partial charge < -0.3 is 24.8 Å². The predicted octanol–water partition coefficient (Wildman–Crippen LogP) is 0.784. The first-order chi connectivity index (χ1) is 18.3. The van der Waals surface area contributed by atoms with Crippen LogP contribution in [0.1, 0.15) is 32.7 Å². The second kappa shape index (κ2) is 10.8. The third-order valence-electron chi connectivity index (χ3n) is 7.25. The number of carbonyl (C=O) groups excluding carboxylic acids is 3. The van der Waals surface area contributed by atoms with E-state index in [4.69, 9.17) is 4.74 Å². The third kappa shape index (κ3) is 5.48. The van der Waals surface area contributed by atoms with Crippen molar-refractivity contribution in [2.45, 2.75) is 38.8 Å². The highest BCUT2D eigenvalue weighted by Crippen LogP contribution is 2.31. The summed E-state index contributed by atoms with van der Waals surface area (Å²) in [6, 6.07) is 4.81. The van der Waals surface area contributed by atoms with Crippen molar-refractivity contribution < 1.29 is 23.5 Å². The molecule has 0 spiro atoms. The Kier molecular flexibility index (Phi) is 7.29. The van der Waals surface area contributed by atoms with Crippen molar-refractivity contribution in [2.24, 2.45) is 0 Å². The van der Waals surface area contributed by atoms with E-state index >= 15 is 4.39 Å². The van der Waals surface area contributed by atoms with Crippen LogP contribution in [0.15, 0.2) is 18.2 Å². The molecule has 5 rings (SSSR count). The van der Waals surface area contributed by atoms with Crippen molar-refractivity contribution in [3.63, 3.8) is 0 Å². The highest BCUT2D eigenvalue weighted by molar-refractivity contribution is 5.90. The first-order valence-electron chi connectivity index (χ1n) is 12.9. The number of halogens is 1. The summed E-state index contributed by atoms with van der Waals surface area (Å²) in [5.41, 5.74) is 0.894. The Balaban J connectivity index is 1.15. The van der Waals surface area contributed by atoms with Gasteiger partial charge in [0.25, 0.3) is 5.95 Å². The van der Waals surface area contributed by atoms with Crippen LogP contribution in [-0.2, 0) is 14.3 Å². The number of nitrogens with one attached hydrogen (secondary N) is 1. The van der Waals surface area contributed by atoms with Crippen molar-refractivity contribution in [1.29, 1.82) is 0 Å². The molecule has 13 nitrogen and oxygen atoms in total. The van der Waals surface area contributed by atoms with Gasteiger partial charge in [0.15, 0.2) is 0 Å². The van der Waals surface area contributed by atoms with Gasteiger partial charge in [-0.25, -0.2) is 9.18 Å². The fraction of sp³-hybridized carbons (Fsp3) is 0.583. The lowest BCUT2D eigenvalue weighted by molar-refractivity contribution is -0.129. The zero-order valence-electron chi connectivity index (χ0n) is 21.5. The van der Waals surface area contributed by atoms with E-state index in [1.165, 1.54) is 17.9 Å². The van der Waals surface area contributed by atoms with Crippen molar-refractivity contribution >= 4 is 35.2 Å². The number of tetrazole rings is 1. The summed E-state index contributed by atoms with van der Waals surface area (Å²) < 4.78 is 20.4. The van der Waals surface area contributed by atoms with Gasteiger partial charge in [0.05, 0.1) is 30.5 Å². The molecule has 4 heterocycles. The molecule has 1 aromatic carbocycles. The van der Waals surface area contributed by atoms with Gasteiger partial charge in [0.1, 0.15) is 11.9 Å². The van der Waals surface area contributed by atoms with Crippen LogP contribution < -0.4 is 20.0 Å². The number of piperidine rings is 1. The van der Waals surface area contributed by atoms with Crippen LogP contribution in [0.3, 0.4) is 0 Å². The Bertz CT molecular complexity index is 1190. The zero-order chi connectivity index (χ0) is 26.8. The topological polar surface area (TPSA) is 129 Å². The number of aromatic nitrogens is 4. The number of ether oxygens (including phenoxy) is 1. The van der Waals surface area contributed by atoms with E-state index in [0.29, 0.717) is 56.6 Å². The molecule has 3 amide bonds. The van der Waals surface area contributed by atoms with Crippen molar-refractivity contribution in [1.82, 2.24) is 30.4 Å². The Morgan fingerprint density at radius 1 is 1.08 bits per heavy atom. The van der Waals surface area contributed by atoms with Gasteiger partial charge in [-0.3, -0.25) is 14.5 Å². The molecule has 2 aromatic rings. The summed E-state index contributed by atoms with van der Waals surface area (Å²) in [6.07, 6.45) is 0.425. The number of hydrogen-bond donors (Lipinski definition) is 1. The third-order valence-corrected chi connectivity index (χ3v) is 7.25. The lowest BCUT2D eigenvalue weighted by Gasteiger charge is -2.34. The molecule has 0 aliphatic carbocycles. The number of hydrogen-bond acceptors (Lipinski definition) is 9. The summed E-state index contributed by atoms with van der Waals surface area (Å²) in [5, 5.41) is 15.7. The number of nitrogens with zero attached hydrogens (tertiary/aromatic N) is 8. The largest absolute Gasteiger partial charge is 0.442 e. The van der Waals surface area contributed by atoms with Crippen molar-refractivity contribution in [2.75, 3.05) is 67.1 Å². The molecular weight excluding hydrogens is 497 g/mol. The number of anilines is 3. The number of cyclic esters (lactones) is 1. The molecule has 1 N–H and O–H groups in total. The van der Waals surface area contributed by atoms with Gasteiger partial charge in [0, 0.05) is 53.1 Å². The molecule has 0 saturated carbocycles. The molecular formula is C24H32FN9O4. The van der Waals surface area contributed by atoms with Crippen LogP contribution in [0.2, 0.25) is 0 Å². The number of rotatable bonds is 6. The molecule has 0 unspecified atom stereocenters. The molecule has 3 saturated heterocycles. The molecule has 3 aliphatic heterocycles. The second-order valence-electron chi connectivity index (χ2n) is 9.81. The standard InChI is InChI=1S/C24H32FN9O4/c1-16(35)26-14-20-15-33(24(37)38-20)19-3-4-22(21(25)13-19)31-7-5-18(6-8-31)34-28-23(27-29-34)32-11-9-30(10-12-32)17(2)36/h3-4,13,18,20H,5-12,14-15H2,1-2H3,(H,26,35)/t20-/m0/s1. The van der Waals surface area contributed by atoms with Crippen LogP contribution in [0.25, 0.3) is 0 Å². The zero-order valence-corrected chi connectivity index (χ0v) is 21.5. The van der Waals surface area contributed by atoms with Gasteiger partial charge in [-0.2, -0.15) is 4.80 Å². The van der Waals surface area contributed by atoms with E-state index in [0.717, 1.165) is 12.8 Å². The molecule has 3 aliphatic rings. The maximum absolute atomic E-state index is 15.1. The summed E-state index contributed by atoms with van der Waals surface area (Å²) in [6.45, 7) is 7.30. The summed E-state index contributed by atoms with van der Waals surface area (Å²) in [4.78, 5) is 43.8. The molecule has 1 atom stereocenters. The van der Waals surface area contributed by atoms with Gasteiger partial charge in [0.2, 0.25) is 11.8 Å². The van der Waals surface area contributed by atoms with Crippen LogP contribution >= 0.6 is 0 Å². The SMILES string of the molecule is CC(=O)NC[C@H]1CN(c2ccc(N3CCC(n4nnc(N5CCN(C(C)=O)CC5)n4)CC3)c(F)c2)C(=O)O1. The molecule has 1 aromatic heterocycles. The smallest absolute Gasteiger partial charge is 0.414 e. The quantitative estimate of drug-likeness (QED) is 0.577. The van der Waals surface area contributed by atoms with Crippen LogP contribution in [0.5, 0.6) is 0 Å². The van der Waals surface area contributed by atoms with Gasteiger partial charge in [-0.15, -0.1) is 5.10 Å². The number of amides is 3. The second-order valence-corrected chi connectivity index (χ2v) is 9.81. The Hall–Kier alpha value is -3.97. The first kappa shape index (κ1) is 25.7. The van der Waals surface area contributed by atoms with E-state index in [1.54, 1.807) is 23.9 Å². The van der Waals surface area contributed by atoms with E-state index in [2.05, 4.69) is 20.7 Å². The Labute approximate surface area is 219 Å². The minimum Gasteiger partial charge on any atom is -0.442 e. The summed E-state index contributed by atoms with van der Waals surface area (Å²) >= 11 is 0. The van der Waals surface area contributed by atoms with Gasteiger partial charge in [-0.05, 0) is 36.3 Å². The fourth-order valence-corrected chi connectivity index (χ4v) is 5.07. The first-order valence-corrected chi connectivity index (χ1v) is 12.9. The molecule has 38 heavy (non-hydrogen) atoms.